The van der Waals surface area contributed by atoms with Crippen LogP contribution in [0.5, 0.6) is 0 Å². The Morgan fingerprint density at radius 3 is 2.56 bits per heavy atom. The maximum atomic E-state index is 13.2. The van der Waals surface area contributed by atoms with Gasteiger partial charge in [-0.2, -0.15) is 0 Å². The first-order valence-electron chi connectivity index (χ1n) is 9.62. The second kappa shape index (κ2) is 8.16. The molecule has 0 saturated carbocycles. The van der Waals surface area contributed by atoms with Gasteiger partial charge in [0.2, 0.25) is 0 Å². The molecule has 1 aromatic heterocycles. The van der Waals surface area contributed by atoms with Crippen LogP contribution in [0.25, 0.3) is 16.0 Å². The molecule has 4 aromatic rings. The zero-order chi connectivity index (χ0) is 22.4. The minimum absolute atomic E-state index is 0.0246. The van der Waals surface area contributed by atoms with Crippen molar-refractivity contribution in [2.24, 2.45) is 0 Å². The molecule has 3 aromatic carbocycles. The summed E-state index contributed by atoms with van der Waals surface area (Å²) in [7, 11) is 0. The molecule has 1 unspecified atom stereocenters. The number of rotatable bonds is 3. The van der Waals surface area contributed by atoms with E-state index in [2.05, 4.69) is 20.9 Å². The van der Waals surface area contributed by atoms with E-state index in [1.54, 1.807) is 42.5 Å². The number of amides is 1. The number of Topliss-reactive ketones (excluding diaryl/α,β-unsaturated/α-hetero) is 1. The molecular weight excluding hydrogens is 512 g/mol. The SMILES string of the molecule is O=C1C(=O)N(c2nc3ccc(Cl)cc3s2)C(c2cccc(Br)c2)/C1=C(\O)c1ccccc1. The van der Waals surface area contributed by atoms with E-state index in [1.165, 1.54) is 16.2 Å². The summed E-state index contributed by atoms with van der Waals surface area (Å²) < 4.78 is 1.59. The molecule has 158 valence electrons. The lowest BCUT2D eigenvalue weighted by Crippen LogP contribution is -2.29. The Kier molecular flexibility index (Phi) is 5.33. The zero-order valence-electron chi connectivity index (χ0n) is 16.3. The van der Waals surface area contributed by atoms with E-state index in [-0.39, 0.29) is 11.3 Å². The van der Waals surface area contributed by atoms with E-state index in [4.69, 9.17) is 11.6 Å². The molecule has 1 aliphatic rings. The summed E-state index contributed by atoms with van der Waals surface area (Å²) in [4.78, 5) is 32.3. The number of ketones is 1. The third-order valence-corrected chi connectivity index (χ3v) is 6.95. The van der Waals surface area contributed by atoms with E-state index in [0.29, 0.717) is 26.8 Å². The topological polar surface area (TPSA) is 70.5 Å². The van der Waals surface area contributed by atoms with Crippen molar-refractivity contribution in [2.45, 2.75) is 6.04 Å². The van der Waals surface area contributed by atoms with Crippen LogP contribution >= 0.6 is 38.9 Å². The summed E-state index contributed by atoms with van der Waals surface area (Å²) in [5.41, 5.74) is 1.83. The van der Waals surface area contributed by atoms with Gasteiger partial charge in [-0.1, -0.05) is 81.3 Å². The number of halogens is 2. The fourth-order valence-electron chi connectivity index (χ4n) is 3.76. The highest BCUT2D eigenvalue weighted by molar-refractivity contribution is 9.10. The fraction of sp³-hybridized carbons (Fsp3) is 0.0417. The lowest BCUT2D eigenvalue weighted by atomic mass is 9.95. The van der Waals surface area contributed by atoms with Crippen LogP contribution in [0.15, 0.2) is 82.8 Å². The molecule has 1 fully saturated rings. The van der Waals surface area contributed by atoms with Crippen molar-refractivity contribution >= 4 is 71.7 Å². The van der Waals surface area contributed by atoms with Crippen LogP contribution < -0.4 is 4.90 Å². The smallest absolute Gasteiger partial charge is 0.301 e. The summed E-state index contributed by atoms with van der Waals surface area (Å²) in [6.45, 7) is 0. The van der Waals surface area contributed by atoms with Gasteiger partial charge in [0.1, 0.15) is 5.76 Å². The number of aliphatic hydroxyl groups excluding tert-OH is 1. The summed E-state index contributed by atoms with van der Waals surface area (Å²) in [5, 5.41) is 12.0. The molecule has 1 N–H and O–H groups in total. The number of nitrogens with zero attached hydrogens (tertiary/aromatic N) is 2. The number of fused-ring (bicyclic) bond motifs is 1. The molecular formula is C24H14BrClN2O3S. The van der Waals surface area contributed by atoms with Crippen molar-refractivity contribution in [3.05, 3.63) is 99.0 Å². The van der Waals surface area contributed by atoms with E-state index in [1.807, 2.05) is 30.3 Å². The van der Waals surface area contributed by atoms with Gasteiger partial charge < -0.3 is 5.11 Å². The largest absolute Gasteiger partial charge is 0.507 e. The highest BCUT2D eigenvalue weighted by Crippen LogP contribution is 2.44. The second-order valence-corrected chi connectivity index (χ2v) is 9.56. The van der Waals surface area contributed by atoms with Gasteiger partial charge in [-0.05, 0) is 35.9 Å². The lowest BCUT2D eigenvalue weighted by Gasteiger charge is -2.23. The number of thiazole rings is 1. The van der Waals surface area contributed by atoms with Gasteiger partial charge in [-0.15, -0.1) is 0 Å². The number of aliphatic hydroxyl groups is 1. The number of anilines is 1. The molecule has 8 heteroatoms. The number of hydrogen-bond donors (Lipinski definition) is 1. The van der Waals surface area contributed by atoms with Crippen molar-refractivity contribution in [1.82, 2.24) is 4.98 Å². The minimum atomic E-state index is -0.830. The van der Waals surface area contributed by atoms with Crippen molar-refractivity contribution in [3.63, 3.8) is 0 Å². The molecule has 0 radical (unpaired) electrons. The fourth-order valence-corrected chi connectivity index (χ4v) is 5.45. The van der Waals surface area contributed by atoms with Crippen LogP contribution in [0.3, 0.4) is 0 Å². The molecule has 32 heavy (non-hydrogen) atoms. The number of benzene rings is 3. The normalized spacial score (nSPS) is 17.9. The molecule has 0 bridgehead atoms. The molecule has 1 amide bonds. The van der Waals surface area contributed by atoms with Gasteiger partial charge >= 0.3 is 5.91 Å². The van der Waals surface area contributed by atoms with E-state index >= 15 is 0 Å². The Labute approximate surface area is 200 Å². The average molecular weight is 526 g/mol. The lowest BCUT2D eigenvalue weighted by molar-refractivity contribution is -0.132. The van der Waals surface area contributed by atoms with Crippen LogP contribution in [0.1, 0.15) is 17.2 Å². The Bertz CT molecular complexity index is 1420. The van der Waals surface area contributed by atoms with Gasteiger partial charge in [-0.3, -0.25) is 14.5 Å². The second-order valence-electron chi connectivity index (χ2n) is 7.20. The first-order valence-corrected chi connectivity index (χ1v) is 11.6. The van der Waals surface area contributed by atoms with Gasteiger partial charge in [-0.25, -0.2) is 4.98 Å². The van der Waals surface area contributed by atoms with Gasteiger partial charge in [0.05, 0.1) is 21.8 Å². The van der Waals surface area contributed by atoms with Crippen LogP contribution in [0.2, 0.25) is 5.02 Å². The maximum Gasteiger partial charge on any atom is 0.301 e. The maximum absolute atomic E-state index is 13.2. The molecule has 1 saturated heterocycles. The third kappa shape index (κ3) is 3.52. The molecule has 1 atom stereocenters. The van der Waals surface area contributed by atoms with Crippen molar-refractivity contribution in [3.8, 4) is 0 Å². The molecule has 1 aliphatic heterocycles. The zero-order valence-corrected chi connectivity index (χ0v) is 19.5. The number of carbonyl (C=O) groups excluding carboxylic acids is 2. The summed E-state index contributed by atoms with van der Waals surface area (Å²) >= 11 is 10.8. The first kappa shape index (κ1) is 20.9. The Balaban J connectivity index is 1.75. The van der Waals surface area contributed by atoms with Crippen LogP contribution in [0.4, 0.5) is 5.13 Å². The first-order chi connectivity index (χ1) is 15.4. The highest BCUT2D eigenvalue weighted by Gasteiger charge is 2.48. The van der Waals surface area contributed by atoms with E-state index in [0.717, 1.165) is 9.17 Å². The number of hydrogen-bond acceptors (Lipinski definition) is 5. The molecule has 0 spiro atoms. The Morgan fingerprint density at radius 2 is 1.81 bits per heavy atom. The summed E-state index contributed by atoms with van der Waals surface area (Å²) in [6.07, 6.45) is 0. The van der Waals surface area contributed by atoms with E-state index in [9.17, 15) is 14.7 Å². The number of carbonyl (C=O) groups is 2. The van der Waals surface area contributed by atoms with Crippen LogP contribution in [-0.2, 0) is 9.59 Å². The average Bonchev–Trinajstić information content (AvgIpc) is 3.32. The number of aromatic nitrogens is 1. The predicted octanol–water partition coefficient (Wildman–Crippen LogP) is 6.34. The van der Waals surface area contributed by atoms with Crippen molar-refractivity contribution in [2.75, 3.05) is 4.90 Å². The van der Waals surface area contributed by atoms with Crippen molar-refractivity contribution < 1.29 is 14.7 Å². The standard InChI is InChI=1S/C24H14BrClN2O3S/c25-15-8-4-7-14(11-15)20-19(21(29)13-5-2-1-3-6-13)22(30)23(31)28(20)24-27-17-10-9-16(26)12-18(17)32-24/h1-12,20,29H/b21-19+. The Hall–Kier alpha value is -3.00. The molecule has 2 heterocycles. The van der Waals surface area contributed by atoms with Gasteiger partial charge in [0.25, 0.3) is 5.78 Å². The third-order valence-electron chi connectivity index (χ3n) is 5.20. The highest BCUT2D eigenvalue weighted by atomic mass is 79.9. The van der Waals surface area contributed by atoms with E-state index < -0.39 is 17.7 Å². The molecule has 5 rings (SSSR count). The predicted molar refractivity (Wildman–Crippen MR) is 130 cm³/mol. The summed E-state index contributed by atoms with van der Waals surface area (Å²) in [6, 6.07) is 20.5. The van der Waals surface area contributed by atoms with Crippen LogP contribution in [0, 0.1) is 0 Å². The monoisotopic (exact) mass is 524 g/mol. The quantitative estimate of drug-likeness (QED) is 0.192. The minimum Gasteiger partial charge on any atom is -0.507 e. The Morgan fingerprint density at radius 1 is 1.03 bits per heavy atom. The van der Waals surface area contributed by atoms with Gasteiger partial charge in [0.15, 0.2) is 5.13 Å². The van der Waals surface area contributed by atoms with Crippen LogP contribution in [-0.4, -0.2) is 21.8 Å². The molecule has 5 nitrogen and oxygen atoms in total. The van der Waals surface area contributed by atoms with Gasteiger partial charge in [0, 0.05) is 15.1 Å². The summed E-state index contributed by atoms with van der Waals surface area (Å²) in [5.74, 6) is -1.72. The van der Waals surface area contributed by atoms with Crippen molar-refractivity contribution in [1.29, 1.82) is 0 Å². The molecule has 0 aliphatic carbocycles.